The highest BCUT2D eigenvalue weighted by Gasteiger charge is 2.31. The van der Waals surface area contributed by atoms with Crippen molar-refractivity contribution in [2.75, 3.05) is 6.61 Å². The number of nitrogens with zero attached hydrogens (tertiary/aromatic N) is 4. The molecule has 1 atom stereocenters. The average Bonchev–Trinajstić information content (AvgIpc) is 3.43. The van der Waals surface area contributed by atoms with Crippen LogP contribution < -0.4 is 0 Å². The molecular weight excluding hydrogens is 404 g/mol. The number of aliphatic hydroxyl groups excluding tert-OH is 1. The van der Waals surface area contributed by atoms with E-state index in [4.69, 9.17) is 0 Å². The number of carbonyl (C=O) groups is 1. The van der Waals surface area contributed by atoms with Crippen LogP contribution >= 0.6 is 23.3 Å². The van der Waals surface area contributed by atoms with Crippen molar-refractivity contribution < 1.29 is 9.90 Å². The topological polar surface area (TPSA) is 71.2 Å². The van der Waals surface area contributed by atoms with Crippen LogP contribution in [0.25, 0.3) is 10.2 Å². The Morgan fingerprint density at radius 1 is 1.21 bits per heavy atom. The highest BCUT2D eigenvalue weighted by molar-refractivity contribution is 7.97. The maximum atomic E-state index is 12.9. The van der Waals surface area contributed by atoms with Gasteiger partial charge in [-0.15, -0.1) is 11.3 Å². The highest BCUT2D eigenvalue weighted by atomic mass is 32.2. The third kappa shape index (κ3) is 3.55. The molecule has 4 aromatic rings. The van der Waals surface area contributed by atoms with Gasteiger partial charge in [0.25, 0.3) is 0 Å². The van der Waals surface area contributed by atoms with Crippen LogP contribution in [0.4, 0.5) is 0 Å². The highest BCUT2D eigenvalue weighted by Crippen LogP contribution is 2.30. The summed E-state index contributed by atoms with van der Waals surface area (Å²) >= 11 is 3.17. The zero-order valence-corrected chi connectivity index (χ0v) is 17.1. The number of hydrogen-bond acceptors (Lipinski definition) is 6. The molecule has 0 saturated heterocycles. The van der Waals surface area contributed by atoms with E-state index >= 15 is 0 Å². The molecule has 29 heavy (non-hydrogen) atoms. The molecular formula is C21H18N4O2S2. The Morgan fingerprint density at radius 3 is 2.86 bits per heavy atom. The molecule has 5 rings (SSSR count). The van der Waals surface area contributed by atoms with Crippen LogP contribution in [0.3, 0.4) is 0 Å². The molecule has 2 aromatic carbocycles. The summed E-state index contributed by atoms with van der Waals surface area (Å²) in [6.07, 6.45) is 1.99. The largest absolute Gasteiger partial charge is 0.395 e. The summed E-state index contributed by atoms with van der Waals surface area (Å²) in [5, 5.41) is 14.4. The van der Waals surface area contributed by atoms with Crippen LogP contribution in [0.2, 0.25) is 0 Å². The van der Waals surface area contributed by atoms with Gasteiger partial charge in [0.1, 0.15) is 0 Å². The van der Waals surface area contributed by atoms with Gasteiger partial charge in [-0.25, -0.2) is 9.07 Å². The third-order valence-corrected chi connectivity index (χ3v) is 6.68. The van der Waals surface area contributed by atoms with Crippen LogP contribution in [0.1, 0.15) is 22.7 Å². The van der Waals surface area contributed by atoms with Crippen LogP contribution in [0.15, 0.2) is 65.1 Å². The lowest BCUT2D eigenvalue weighted by Gasteiger charge is -2.22. The van der Waals surface area contributed by atoms with Crippen molar-refractivity contribution in [1.82, 2.24) is 19.1 Å². The predicted octanol–water partition coefficient (Wildman–Crippen LogP) is 3.67. The lowest BCUT2D eigenvalue weighted by molar-refractivity contribution is -0.134. The van der Waals surface area contributed by atoms with Gasteiger partial charge >= 0.3 is 0 Å². The van der Waals surface area contributed by atoms with E-state index in [1.807, 2.05) is 58.3 Å². The van der Waals surface area contributed by atoms with Gasteiger partial charge in [0, 0.05) is 35.1 Å². The van der Waals surface area contributed by atoms with E-state index in [-0.39, 0.29) is 12.5 Å². The smallest absolute Gasteiger partial charge is 0.233 e. The Kier molecular flexibility index (Phi) is 4.83. The van der Waals surface area contributed by atoms with Crippen LogP contribution in [0.5, 0.6) is 0 Å². The quantitative estimate of drug-likeness (QED) is 0.531. The number of benzene rings is 2. The van der Waals surface area contributed by atoms with Crippen LogP contribution in [-0.4, -0.2) is 36.7 Å². The molecule has 6 nitrogen and oxygen atoms in total. The molecule has 1 unspecified atom stereocenters. The molecule has 8 heteroatoms. The fraction of sp³-hybridized carbons (Fsp3) is 0.190. The summed E-state index contributed by atoms with van der Waals surface area (Å²) in [5.74, 6) is -0.598. The van der Waals surface area contributed by atoms with Crippen molar-refractivity contribution in [2.45, 2.75) is 23.9 Å². The van der Waals surface area contributed by atoms with Gasteiger partial charge < -0.3 is 10.0 Å². The minimum atomic E-state index is -0.534. The molecule has 1 aliphatic rings. The van der Waals surface area contributed by atoms with Crippen molar-refractivity contribution in [2.24, 2.45) is 0 Å². The minimum Gasteiger partial charge on any atom is -0.395 e. The van der Waals surface area contributed by atoms with Gasteiger partial charge in [-0.05, 0) is 23.8 Å². The van der Waals surface area contributed by atoms with E-state index < -0.39 is 5.92 Å². The lowest BCUT2D eigenvalue weighted by atomic mass is 9.98. The van der Waals surface area contributed by atoms with Crippen LogP contribution in [-0.2, 0) is 17.9 Å². The number of aliphatic hydroxyl groups is 1. The molecule has 0 radical (unpaired) electrons. The Morgan fingerprint density at radius 2 is 2.07 bits per heavy atom. The van der Waals surface area contributed by atoms with Gasteiger partial charge in [0.2, 0.25) is 5.91 Å². The number of thiazole rings is 1. The van der Waals surface area contributed by atoms with Gasteiger partial charge in [-0.1, -0.05) is 30.3 Å². The molecule has 2 aromatic heterocycles. The number of amides is 1. The summed E-state index contributed by atoms with van der Waals surface area (Å²) in [5.41, 5.74) is 5.66. The Bertz CT molecular complexity index is 1150. The Hall–Kier alpha value is -2.68. The second kappa shape index (κ2) is 7.62. The van der Waals surface area contributed by atoms with Crippen molar-refractivity contribution in [3.05, 3.63) is 77.1 Å². The third-order valence-electron chi connectivity index (χ3n) is 5.05. The average molecular weight is 423 g/mol. The number of aromatic nitrogens is 3. The van der Waals surface area contributed by atoms with Crippen molar-refractivity contribution in [3.8, 4) is 0 Å². The van der Waals surface area contributed by atoms with E-state index in [2.05, 4.69) is 16.1 Å². The van der Waals surface area contributed by atoms with E-state index in [9.17, 15) is 9.90 Å². The Balaban J connectivity index is 1.29. The minimum absolute atomic E-state index is 0.0634. The van der Waals surface area contributed by atoms with Gasteiger partial charge in [-0.3, -0.25) is 4.79 Å². The van der Waals surface area contributed by atoms with Gasteiger partial charge in [0.05, 0.1) is 40.5 Å². The second-order valence-corrected chi connectivity index (χ2v) is 8.83. The van der Waals surface area contributed by atoms with E-state index in [1.54, 1.807) is 28.2 Å². The molecule has 3 heterocycles. The Labute approximate surface area is 175 Å². The number of carbonyl (C=O) groups excluding carboxylic acids is 1. The van der Waals surface area contributed by atoms with E-state index in [0.717, 1.165) is 31.9 Å². The molecule has 0 aliphatic carbocycles. The number of hydrogen-bond donors (Lipinski definition) is 1. The molecule has 1 amide bonds. The van der Waals surface area contributed by atoms with Gasteiger partial charge in [-0.2, -0.15) is 5.10 Å². The standard InChI is InChI=1S/C21H18N4O2S2/c26-12-17(14-4-2-1-3-5-14)21(27)24-9-15-10-25(23-19(15)11-24)29-16-6-7-18-20(8-16)28-13-22-18/h1-8,10,13,17,26H,9,11-12H2. The first-order valence-electron chi connectivity index (χ1n) is 9.25. The normalized spacial score (nSPS) is 14.3. The SMILES string of the molecule is O=C(C(CO)c1ccccc1)N1Cc2cn(Sc3ccc4ncsc4c3)nc2C1. The monoisotopic (exact) mass is 422 g/mol. The van der Waals surface area contributed by atoms with Crippen molar-refractivity contribution >= 4 is 39.4 Å². The zero-order valence-electron chi connectivity index (χ0n) is 15.4. The van der Waals surface area contributed by atoms with Crippen molar-refractivity contribution in [3.63, 3.8) is 0 Å². The first-order valence-corrected chi connectivity index (χ1v) is 10.9. The van der Waals surface area contributed by atoms with Crippen LogP contribution in [0, 0.1) is 0 Å². The van der Waals surface area contributed by atoms with E-state index in [0.29, 0.717) is 13.1 Å². The van der Waals surface area contributed by atoms with E-state index in [1.165, 1.54) is 0 Å². The summed E-state index contributed by atoms with van der Waals surface area (Å²) < 4.78 is 3.01. The maximum absolute atomic E-state index is 12.9. The fourth-order valence-electron chi connectivity index (χ4n) is 3.56. The lowest BCUT2D eigenvalue weighted by Crippen LogP contribution is -2.32. The summed E-state index contributed by atoms with van der Waals surface area (Å²) in [6.45, 7) is 0.789. The first kappa shape index (κ1) is 18.4. The number of fused-ring (bicyclic) bond motifs is 2. The predicted molar refractivity (Wildman–Crippen MR) is 114 cm³/mol. The molecule has 0 bridgehead atoms. The summed E-state index contributed by atoms with van der Waals surface area (Å²) in [7, 11) is 0. The number of rotatable bonds is 5. The fourth-order valence-corrected chi connectivity index (χ4v) is 5.19. The molecule has 0 saturated carbocycles. The zero-order chi connectivity index (χ0) is 19.8. The van der Waals surface area contributed by atoms with Gasteiger partial charge in [0.15, 0.2) is 0 Å². The summed E-state index contributed by atoms with van der Waals surface area (Å²) in [4.78, 5) is 20.1. The molecule has 146 valence electrons. The first-order chi connectivity index (χ1) is 14.2. The second-order valence-electron chi connectivity index (χ2n) is 6.92. The molecule has 1 N–H and O–H groups in total. The summed E-state index contributed by atoms with van der Waals surface area (Å²) in [6, 6.07) is 15.6. The maximum Gasteiger partial charge on any atom is 0.233 e. The van der Waals surface area contributed by atoms with Crippen molar-refractivity contribution in [1.29, 1.82) is 0 Å². The molecule has 0 spiro atoms. The molecule has 1 aliphatic heterocycles. The molecule has 0 fully saturated rings.